The van der Waals surface area contributed by atoms with Gasteiger partial charge in [0.05, 0.1) is 19.3 Å². The van der Waals surface area contributed by atoms with Crippen molar-refractivity contribution >= 4 is 17.6 Å². The highest BCUT2D eigenvalue weighted by Crippen LogP contribution is 2.28. The zero-order valence-electron chi connectivity index (χ0n) is 14.3. The van der Waals surface area contributed by atoms with Gasteiger partial charge in [0.25, 0.3) is 0 Å². The normalized spacial score (nSPS) is 16.0. The van der Waals surface area contributed by atoms with E-state index in [9.17, 15) is 5.11 Å². The molecule has 1 aliphatic rings. The average molecular weight is 354 g/mol. The number of ether oxygens (including phenoxy) is 1. The van der Waals surface area contributed by atoms with Gasteiger partial charge < -0.3 is 20.5 Å². The summed E-state index contributed by atoms with van der Waals surface area (Å²) >= 11 is 5.89. The van der Waals surface area contributed by atoms with E-state index >= 15 is 0 Å². The number of aliphatic hydroxyl groups excluding tert-OH is 1. The van der Waals surface area contributed by atoms with Crippen LogP contribution in [0.4, 0.5) is 0 Å². The molecule has 3 N–H and O–H groups in total. The number of hydrogen-bond donors (Lipinski definition) is 3. The van der Waals surface area contributed by atoms with Gasteiger partial charge in [0.1, 0.15) is 0 Å². The molecule has 0 bridgehead atoms. The summed E-state index contributed by atoms with van der Waals surface area (Å²) in [7, 11) is 0. The van der Waals surface area contributed by atoms with E-state index in [2.05, 4.69) is 15.6 Å². The topological polar surface area (TPSA) is 65.9 Å². The first-order valence-electron chi connectivity index (χ1n) is 8.69. The Morgan fingerprint density at radius 2 is 2.08 bits per heavy atom. The zero-order chi connectivity index (χ0) is 17.2. The molecule has 0 aromatic heterocycles. The smallest absolute Gasteiger partial charge is 0.191 e. The molecule has 0 amide bonds. The maximum Gasteiger partial charge on any atom is 0.191 e. The van der Waals surface area contributed by atoms with Crippen molar-refractivity contribution in [2.45, 2.75) is 32.3 Å². The third-order valence-corrected chi connectivity index (χ3v) is 4.04. The summed E-state index contributed by atoms with van der Waals surface area (Å²) in [5.74, 6) is 1.43. The summed E-state index contributed by atoms with van der Waals surface area (Å²) in [5.41, 5.74) is 1.22. The minimum Gasteiger partial charge on any atom is -0.389 e. The van der Waals surface area contributed by atoms with Crippen LogP contribution in [-0.4, -0.2) is 50.0 Å². The highest BCUT2D eigenvalue weighted by Gasteiger charge is 2.21. The molecule has 1 saturated carbocycles. The highest BCUT2D eigenvalue weighted by molar-refractivity contribution is 6.30. The number of halogens is 1. The van der Waals surface area contributed by atoms with E-state index in [-0.39, 0.29) is 0 Å². The lowest BCUT2D eigenvalue weighted by Crippen LogP contribution is -2.39. The predicted molar refractivity (Wildman–Crippen MR) is 98.7 cm³/mol. The van der Waals surface area contributed by atoms with Crippen molar-refractivity contribution in [3.63, 3.8) is 0 Å². The molecule has 1 aromatic rings. The van der Waals surface area contributed by atoms with E-state index in [4.69, 9.17) is 16.3 Å². The Labute approximate surface area is 149 Å². The number of aliphatic imine (C=N–C) groups is 1. The minimum atomic E-state index is -0.560. The van der Waals surface area contributed by atoms with E-state index in [1.807, 2.05) is 31.2 Å². The van der Waals surface area contributed by atoms with E-state index in [0.29, 0.717) is 25.0 Å². The van der Waals surface area contributed by atoms with Crippen molar-refractivity contribution in [2.24, 2.45) is 10.9 Å². The third-order valence-electron chi connectivity index (χ3n) is 3.78. The van der Waals surface area contributed by atoms with Crippen LogP contribution in [0.1, 0.15) is 25.3 Å². The Balaban J connectivity index is 1.67. The maximum atomic E-state index is 9.93. The highest BCUT2D eigenvalue weighted by atomic mass is 35.5. The van der Waals surface area contributed by atoms with Gasteiger partial charge in [-0.3, -0.25) is 4.99 Å². The van der Waals surface area contributed by atoms with Gasteiger partial charge in [0.15, 0.2) is 5.96 Å². The maximum absolute atomic E-state index is 9.93. The Hall–Kier alpha value is -1.30. The summed E-state index contributed by atoms with van der Waals surface area (Å²) in [6.07, 6.45) is 2.84. The SMILES string of the molecule is CCNC(=NCC(O)COCC1CC1)NCCc1ccc(Cl)cc1. The van der Waals surface area contributed by atoms with Crippen molar-refractivity contribution in [3.8, 4) is 0 Å². The van der Waals surface area contributed by atoms with Crippen LogP contribution in [0.3, 0.4) is 0 Å². The first-order chi connectivity index (χ1) is 11.7. The van der Waals surface area contributed by atoms with E-state index in [1.165, 1.54) is 18.4 Å². The van der Waals surface area contributed by atoms with E-state index in [1.54, 1.807) is 0 Å². The summed E-state index contributed by atoms with van der Waals surface area (Å²) < 4.78 is 5.49. The molecule has 0 heterocycles. The molecule has 2 rings (SSSR count). The third kappa shape index (κ3) is 7.99. The number of hydrogen-bond acceptors (Lipinski definition) is 3. The molecule has 6 heteroatoms. The Bertz CT molecular complexity index is 503. The second kappa shape index (κ2) is 10.5. The molecule has 0 radical (unpaired) electrons. The molecule has 1 atom stereocenters. The number of aliphatic hydroxyl groups is 1. The van der Waals surface area contributed by atoms with Crippen molar-refractivity contribution in [1.82, 2.24) is 10.6 Å². The van der Waals surface area contributed by atoms with E-state index < -0.39 is 6.10 Å². The van der Waals surface area contributed by atoms with Crippen LogP contribution in [0.2, 0.25) is 5.02 Å². The summed E-state index contributed by atoms with van der Waals surface area (Å²) in [6.45, 7) is 5.01. The molecular weight excluding hydrogens is 326 g/mol. The van der Waals surface area contributed by atoms with Gasteiger partial charge >= 0.3 is 0 Å². The molecule has 5 nitrogen and oxygen atoms in total. The molecule has 0 aliphatic heterocycles. The lowest BCUT2D eigenvalue weighted by molar-refractivity contribution is 0.0368. The van der Waals surface area contributed by atoms with Gasteiger partial charge in [-0.25, -0.2) is 0 Å². The molecular formula is C18H28ClN3O2. The fourth-order valence-corrected chi connectivity index (χ4v) is 2.35. The standard InChI is InChI=1S/C18H28ClN3O2/c1-2-20-18(21-10-9-14-5-7-16(19)8-6-14)22-11-17(23)13-24-12-15-3-4-15/h5-8,15,17,23H,2-4,9-13H2,1H3,(H2,20,21,22). The van der Waals surface area contributed by atoms with Crippen molar-refractivity contribution in [1.29, 1.82) is 0 Å². The van der Waals surface area contributed by atoms with Crippen molar-refractivity contribution in [2.75, 3.05) is 32.8 Å². The molecule has 1 aliphatic carbocycles. The van der Waals surface area contributed by atoms with Crippen molar-refractivity contribution < 1.29 is 9.84 Å². The van der Waals surface area contributed by atoms with Gasteiger partial charge in [-0.15, -0.1) is 0 Å². The Kier molecular flexibility index (Phi) is 8.36. The first-order valence-corrected chi connectivity index (χ1v) is 9.07. The minimum absolute atomic E-state index is 0.334. The number of guanidine groups is 1. The van der Waals surface area contributed by atoms with Gasteiger partial charge in [-0.05, 0) is 49.8 Å². The van der Waals surface area contributed by atoms with Crippen LogP contribution in [0.5, 0.6) is 0 Å². The fraction of sp³-hybridized carbons (Fsp3) is 0.611. The van der Waals surface area contributed by atoms with Crippen molar-refractivity contribution in [3.05, 3.63) is 34.9 Å². The van der Waals surface area contributed by atoms with Crippen LogP contribution < -0.4 is 10.6 Å². The second-order valence-corrected chi connectivity index (χ2v) is 6.59. The Morgan fingerprint density at radius 3 is 2.75 bits per heavy atom. The summed E-state index contributed by atoms with van der Waals surface area (Å²) in [5, 5.41) is 17.1. The number of rotatable bonds is 10. The second-order valence-electron chi connectivity index (χ2n) is 6.16. The number of benzene rings is 1. The molecule has 1 aromatic carbocycles. The summed E-state index contributed by atoms with van der Waals surface area (Å²) in [6, 6.07) is 7.84. The monoisotopic (exact) mass is 353 g/mol. The fourth-order valence-electron chi connectivity index (χ4n) is 2.22. The average Bonchev–Trinajstić information content (AvgIpc) is 3.39. The molecule has 1 unspecified atom stereocenters. The number of nitrogens with one attached hydrogen (secondary N) is 2. The Morgan fingerprint density at radius 1 is 1.33 bits per heavy atom. The molecule has 1 fully saturated rings. The molecule has 24 heavy (non-hydrogen) atoms. The first kappa shape index (κ1) is 19.0. The van der Waals surface area contributed by atoms with Gasteiger partial charge in [0.2, 0.25) is 0 Å². The van der Waals surface area contributed by atoms with Crippen LogP contribution in [0.15, 0.2) is 29.3 Å². The lowest BCUT2D eigenvalue weighted by Gasteiger charge is -2.13. The lowest BCUT2D eigenvalue weighted by atomic mass is 10.1. The summed E-state index contributed by atoms with van der Waals surface area (Å²) in [4.78, 5) is 4.42. The predicted octanol–water partition coefficient (Wildman–Crippen LogP) is 2.23. The largest absolute Gasteiger partial charge is 0.389 e. The van der Waals surface area contributed by atoms with Gasteiger partial charge in [-0.2, -0.15) is 0 Å². The van der Waals surface area contributed by atoms with Crippen LogP contribution in [0.25, 0.3) is 0 Å². The number of nitrogens with zero attached hydrogens (tertiary/aromatic N) is 1. The quantitative estimate of drug-likeness (QED) is 0.446. The van der Waals surface area contributed by atoms with Crippen LogP contribution in [-0.2, 0) is 11.2 Å². The molecule has 134 valence electrons. The van der Waals surface area contributed by atoms with Gasteiger partial charge in [0, 0.05) is 24.7 Å². The molecule has 0 saturated heterocycles. The van der Waals surface area contributed by atoms with Crippen LogP contribution in [0, 0.1) is 5.92 Å². The molecule has 0 spiro atoms. The van der Waals surface area contributed by atoms with E-state index in [0.717, 1.165) is 31.1 Å². The zero-order valence-corrected chi connectivity index (χ0v) is 15.1. The van der Waals surface area contributed by atoms with Crippen LogP contribution >= 0.6 is 11.6 Å². The van der Waals surface area contributed by atoms with Gasteiger partial charge in [-0.1, -0.05) is 23.7 Å².